The van der Waals surface area contributed by atoms with Crippen LogP contribution in [0.25, 0.3) is 0 Å². The first-order chi connectivity index (χ1) is 13.4. The van der Waals surface area contributed by atoms with E-state index in [1.807, 2.05) is 13.0 Å². The highest BCUT2D eigenvalue weighted by molar-refractivity contribution is 5.73. The number of amides is 1. The Balaban J connectivity index is 1.39. The molecule has 2 aliphatic rings. The van der Waals surface area contributed by atoms with Gasteiger partial charge in [0, 0.05) is 25.5 Å². The third-order valence-electron chi connectivity index (χ3n) is 5.43. The zero-order valence-electron chi connectivity index (χ0n) is 15.9. The van der Waals surface area contributed by atoms with E-state index in [-0.39, 0.29) is 29.7 Å². The zero-order valence-corrected chi connectivity index (χ0v) is 15.9. The fourth-order valence-corrected chi connectivity index (χ4v) is 3.81. The molecule has 1 aromatic heterocycles. The van der Waals surface area contributed by atoms with Gasteiger partial charge in [-0.15, -0.1) is 0 Å². The molecule has 8 heteroatoms. The predicted octanol–water partition coefficient (Wildman–Crippen LogP) is 3.12. The maximum atomic E-state index is 14.7. The van der Waals surface area contributed by atoms with Gasteiger partial charge < -0.3 is 19.9 Å². The van der Waals surface area contributed by atoms with Gasteiger partial charge in [0.2, 0.25) is 5.91 Å². The van der Waals surface area contributed by atoms with Gasteiger partial charge in [-0.1, -0.05) is 5.16 Å². The second kappa shape index (κ2) is 7.50. The molecule has 0 spiro atoms. The minimum Gasteiger partial charge on any atom is -0.484 e. The molecule has 28 heavy (non-hydrogen) atoms. The summed E-state index contributed by atoms with van der Waals surface area (Å²) in [5.41, 5.74) is 1.96. The minimum absolute atomic E-state index is 0.111. The Morgan fingerprint density at radius 2 is 2.18 bits per heavy atom. The average molecular weight is 391 g/mol. The number of ether oxygens (including phenoxy) is 1. The molecular weight excluding hydrogens is 368 g/mol. The average Bonchev–Trinajstić information content (AvgIpc) is 3.09. The van der Waals surface area contributed by atoms with Gasteiger partial charge in [-0.2, -0.15) is 0 Å². The van der Waals surface area contributed by atoms with Crippen molar-refractivity contribution >= 4 is 5.91 Å². The van der Waals surface area contributed by atoms with Crippen molar-refractivity contribution in [3.05, 3.63) is 46.3 Å². The molecule has 4 rings (SSSR count). The lowest BCUT2D eigenvalue weighted by Crippen LogP contribution is -2.33. The fourth-order valence-electron chi connectivity index (χ4n) is 3.81. The van der Waals surface area contributed by atoms with Crippen LogP contribution in [0, 0.1) is 11.6 Å². The second-order valence-corrected chi connectivity index (χ2v) is 7.55. The number of rotatable bonds is 5. The number of fused-ring (bicyclic) bond motifs is 1. The van der Waals surface area contributed by atoms with Gasteiger partial charge in [-0.25, -0.2) is 8.78 Å². The van der Waals surface area contributed by atoms with Crippen molar-refractivity contribution in [1.29, 1.82) is 0 Å². The molecule has 2 N–H and O–H groups in total. The van der Waals surface area contributed by atoms with Crippen LogP contribution in [0.5, 0.6) is 5.75 Å². The van der Waals surface area contributed by atoms with E-state index in [1.54, 1.807) is 0 Å². The number of carbonyl (C=O) groups excluding carboxylic acids is 1. The van der Waals surface area contributed by atoms with E-state index in [4.69, 9.17) is 9.26 Å². The van der Waals surface area contributed by atoms with Gasteiger partial charge in [-0.05, 0) is 49.9 Å². The predicted molar refractivity (Wildman–Crippen MR) is 96.9 cm³/mol. The molecule has 1 atom stereocenters. The summed E-state index contributed by atoms with van der Waals surface area (Å²) < 4.78 is 40.0. The molecule has 0 unspecified atom stereocenters. The van der Waals surface area contributed by atoms with Gasteiger partial charge in [0.25, 0.3) is 0 Å². The number of benzene rings is 1. The summed E-state index contributed by atoms with van der Waals surface area (Å²) >= 11 is 0. The molecule has 2 aromatic rings. The molecule has 1 saturated carbocycles. The van der Waals surface area contributed by atoms with Crippen LogP contribution in [0.2, 0.25) is 0 Å². The fraction of sp³-hybridized carbons (Fsp3) is 0.500. The Morgan fingerprint density at radius 1 is 1.39 bits per heavy atom. The number of aromatic nitrogens is 1. The summed E-state index contributed by atoms with van der Waals surface area (Å²) in [6.45, 7) is 4.40. The largest absolute Gasteiger partial charge is 0.484 e. The number of nitrogens with zero attached hydrogens (tertiary/aromatic N) is 1. The molecule has 0 radical (unpaired) electrons. The van der Waals surface area contributed by atoms with Crippen molar-refractivity contribution in [2.75, 3.05) is 6.54 Å². The maximum Gasteiger partial charge on any atom is 0.217 e. The number of hydrogen-bond donors (Lipinski definition) is 2. The Kier molecular flexibility index (Phi) is 5.05. The molecule has 1 aliphatic carbocycles. The van der Waals surface area contributed by atoms with Crippen LogP contribution in [-0.4, -0.2) is 23.7 Å². The van der Waals surface area contributed by atoms with Gasteiger partial charge >= 0.3 is 0 Å². The first-order valence-electron chi connectivity index (χ1n) is 9.53. The van der Waals surface area contributed by atoms with E-state index < -0.39 is 11.6 Å². The minimum atomic E-state index is -0.656. The van der Waals surface area contributed by atoms with E-state index >= 15 is 0 Å². The molecule has 2 heterocycles. The Morgan fingerprint density at radius 3 is 2.93 bits per heavy atom. The Hall–Kier alpha value is -2.48. The zero-order chi connectivity index (χ0) is 19.8. The van der Waals surface area contributed by atoms with Crippen molar-refractivity contribution < 1.29 is 22.8 Å². The molecular formula is C20H23F2N3O3. The first kappa shape index (κ1) is 18.9. The van der Waals surface area contributed by atoms with Crippen LogP contribution in [0.3, 0.4) is 0 Å². The van der Waals surface area contributed by atoms with E-state index in [0.717, 1.165) is 5.69 Å². The number of halogens is 2. The topological polar surface area (TPSA) is 76.4 Å². The highest BCUT2D eigenvalue weighted by Crippen LogP contribution is 2.41. The molecule has 1 aromatic carbocycles. The molecule has 1 aliphatic heterocycles. The molecule has 0 saturated heterocycles. The molecule has 1 amide bonds. The lowest BCUT2D eigenvalue weighted by atomic mass is 9.80. The van der Waals surface area contributed by atoms with Crippen LogP contribution in [0.1, 0.15) is 61.2 Å². The monoisotopic (exact) mass is 391 g/mol. The molecule has 0 bridgehead atoms. The summed E-state index contributed by atoms with van der Waals surface area (Å²) in [5.74, 6) is -0.962. The third kappa shape index (κ3) is 3.61. The van der Waals surface area contributed by atoms with Crippen LogP contribution >= 0.6 is 0 Å². The van der Waals surface area contributed by atoms with E-state index in [1.165, 1.54) is 13.0 Å². The summed E-state index contributed by atoms with van der Waals surface area (Å²) in [6, 6.07) is 2.91. The lowest BCUT2D eigenvalue weighted by molar-refractivity contribution is -0.119. The second-order valence-electron chi connectivity index (χ2n) is 7.55. The van der Waals surface area contributed by atoms with Crippen molar-refractivity contribution in [1.82, 2.24) is 15.8 Å². The van der Waals surface area contributed by atoms with Crippen LogP contribution in [0.15, 0.2) is 16.7 Å². The molecule has 150 valence electrons. The van der Waals surface area contributed by atoms with Gasteiger partial charge in [0.05, 0.1) is 11.7 Å². The highest BCUT2D eigenvalue weighted by atomic mass is 19.1. The summed E-state index contributed by atoms with van der Waals surface area (Å²) in [7, 11) is 0. The number of nitrogens with one attached hydrogen (secondary N) is 2. The summed E-state index contributed by atoms with van der Waals surface area (Å²) in [5, 5.41) is 9.91. The normalized spacial score (nSPS) is 22.1. The van der Waals surface area contributed by atoms with Gasteiger partial charge in [-0.3, -0.25) is 4.79 Å². The molecule has 1 fully saturated rings. The standard InChI is InChI=1S/C20H23F2N3O3/c1-10(24-11(2)26)18-8-17(25-28-18)12-5-14(6-12)27-20-16(21)7-13-9-23-4-3-15(13)19(20)22/h7-8,10,12,14,23H,3-6,9H2,1-2H3,(H,24,26)/t10-,12?,14?/m0/s1. The van der Waals surface area contributed by atoms with Crippen LogP contribution < -0.4 is 15.4 Å². The molecule has 6 nitrogen and oxygen atoms in total. The van der Waals surface area contributed by atoms with Crippen LogP contribution in [-0.2, 0) is 17.8 Å². The van der Waals surface area contributed by atoms with Crippen LogP contribution in [0.4, 0.5) is 8.78 Å². The van der Waals surface area contributed by atoms with E-state index in [2.05, 4.69) is 15.8 Å². The highest BCUT2D eigenvalue weighted by Gasteiger charge is 2.36. The van der Waals surface area contributed by atoms with Crippen molar-refractivity contribution in [3.8, 4) is 5.75 Å². The van der Waals surface area contributed by atoms with E-state index in [0.29, 0.717) is 49.2 Å². The van der Waals surface area contributed by atoms with Gasteiger partial charge in [0.1, 0.15) is 6.10 Å². The summed E-state index contributed by atoms with van der Waals surface area (Å²) in [6.07, 6.45) is 1.48. The maximum absolute atomic E-state index is 14.7. The first-order valence-corrected chi connectivity index (χ1v) is 9.53. The number of hydrogen-bond acceptors (Lipinski definition) is 5. The number of carbonyl (C=O) groups is 1. The quantitative estimate of drug-likeness (QED) is 0.819. The van der Waals surface area contributed by atoms with E-state index in [9.17, 15) is 13.6 Å². The Bertz CT molecular complexity index is 893. The SMILES string of the molecule is CC(=O)N[C@@H](C)c1cc(C2CC(Oc3c(F)cc4c(c3F)CCNC4)C2)no1. The third-order valence-corrected chi connectivity index (χ3v) is 5.43. The van der Waals surface area contributed by atoms with Crippen molar-refractivity contribution in [2.24, 2.45) is 0 Å². The Labute approximate surface area is 161 Å². The summed E-state index contributed by atoms with van der Waals surface area (Å²) in [4.78, 5) is 11.1. The lowest BCUT2D eigenvalue weighted by Gasteiger charge is -2.34. The van der Waals surface area contributed by atoms with Crippen molar-refractivity contribution in [3.63, 3.8) is 0 Å². The smallest absolute Gasteiger partial charge is 0.217 e. The van der Waals surface area contributed by atoms with Crippen molar-refractivity contribution in [2.45, 2.75) is 57.7 Å². The van der Waals surface area contributed by atoms with Gasteiger partial charge in [0.15, 0.2) is 23.1 Å².